The summed E-state index contributed by atoms with van der Waals surface area (Å²) in [5.74, 6) is 1.87. The Kier molecular flexibility index (Phi) is 5.71. The van der Waals surface area contributed by atoms with E-state index in [-0.39, 0.29) is 0 Å². The van der Waals surface area contributed by atoms with Gasteiger partial charge in [0.1, 0.15) is 6.61 Å². The fourth-order valence-electron chi connectivity index (χ4n) is 3.75. The highest BCUT2D eigenvalue weighted by atomic mass is 16.5. The number of hydrogen-bond donors (Lipinski definition) is 1. The van der Waals surface area contributed by atoms with Crippen LogP contribution in [-0.4, -0.2) is 42.4 Å². The van der Waals surface area contributed by atoms with Gasteiger partial charge in [0.2, 0.25) is 5.75 Å². The lowest BCUT2D eigenvalue weighted by atomic mass is 10.0. The smallest absolute Gasteiger partial charge is 0.203 e. The molecule has 0 radical (unpaired) electrons. The molecule has 0 saturated heterocycles. The number of hydrogen-bond acceptors (Lipinski definition) is 5. The van der Waals surface area contributed by atoms with Crippen LogP contribution in [-0.2, 0) is 19.6 Å². The molecule has 0 bridgehead atoms. The second kappa shape index (κ2) is 8.57. The molecule has 1 aromatic heterocycles. The first-order valence-corrected chi connectivity index (χ1v) is 9.95. The Morgan fingerprint density at radius 1 is 1.07 bits per heavy atom. The molecular weight excluding hydrogens is 366 g/mol. The van der Waals surface area contributed by atoms with Crippen molar-refractivity contribution in [1.29, 1.82) is 0 Å². The Balaban J connectivity index is 1.67. The van der Waals surface area contributed by atoms with E-state index in [0.29, 0.717) is 23.9 Å². The Morgan fingerprint density at radius 2 is 1.79 bits per heavy atom. The van der Waals surface area contributed by atoms with Gasteiger partial charge >= 0.3 is 0 Å². The molecule has 4 rings (SSSR count). The third-order valence-electron chi connectivity index (χ3n) is 5.42. The van der Waals surface area contributed by atoms with E-state index >= 15 is 0 Å². The number of fused-ring (bicyclic) bond motifs is 1. The number of benzene rings is 2. The highest BCUT2D eigenvalue weighted by molar-refractivity contribution is 5.71. The third kappa shape index (κ3) is 3.93. The minimum atomic E-state index is 0.441. The van der Waals surface area contributed by atoms with Crippen LogP contribution in [0.4, 0.5) is 0 Å². The molecule has 152 valence electrons. The number of nitrogens with zero attached hydrogens (tertiary/aromatic N) is 2. The van der Waals surface area contributed by atoms with Crippen molar-refractivity contribution in [3.05, 3.63) is 59.3 Å². The molecule has 1 aliphatic heterocycles. The normalized spacial score (nSPS) is 13.8. The van der Waals surface area contributed by atoms with Crippen LogP contribution in [0.1, 0.15) is 23.7 Å². The zero-order valence-corrected chi connectivity index (χ0v) is 17.2. The largest absolute Gasteiger partial charge is 0.493 e. The van der Waals surface area contributed by atoms with Crippen molar-refractivity contribution in [2.24, 2.45) is 0 Å². The van der Waals surface area contributed by atoms with Gasteiger partial charge in [-0.25, -0.2) is 0 Å². The zero-order valence-electron chi connectivity index (χ0n) is 17.2. The van der Waals surface area contributed by atoms with Crippen LogP contribution in [0.25, 0.3) is 11.3 Å². The number of H-pyrrole nitrogens is 1. The van der Waals surface area contributed by atoms with Gasteiger partial charge in [0.05, 0.1) is 19.9 Å². The monoisotopic (exact) mass is 393 g/mol. The van der Waals surface area contributed by atoms with E-state index in [1.54, 1.807) is 14.2 Å². The van der Waals surface area contributed by atoms with Crippen molar-refractivity contribution < 1.29 is 14.2 Å². The molecule has 0 amide bonds. The third-order valence-corrected chi connectivity index (χ3v) is 5.42. The molecule has 6 nitrogen and oxygen atoms in total. The van der Waals surface area contributed by atoms with Crippen molar-refractivity contribution >= 4 is 0 Å². The molecule has 0 unspecified atom stereocenters. The predicted octanol–water partition coefficient (Wildman–Crippen LogP) is 4.05. The summed E-state index contributed by atoms with van der Waals surface area (Å²) in [5, 5.41) is 7.82. The predicted molar refractivity (Wildman–Crippen MR) is 113 cm³/mol. The number of aromatic amines is 1. The minimum Gasteiger partial charge on any atom is -0.493 e. The van der Waals surface area contributed by atoms with Crippen LogP contribution >= 0.6 is 0 Å². The topological polar surface area (TPSA) is 59.6 Å². The summed E-state index contributed by atoms with van der Waals surface area (Å²) in [4.78, 5) is 2.42. The molecular formula is C23H27N3O3. The number of ether oxygens (including phenoxy) is 3. The van der Waals surface area contributed by atoms with Gasteiger partial charge < -0.3 is 14.2 Å². The Labute approximate surface area is 171 Å². The van der Waals surface area contributed by atoms with Crippen molar-refractivity contribution in [3.8, 4) is 28.5 Å². The number of rotatable bonds is 7. The highest BCUT2D eigenvalue weighted by Crippen LogP contribution is 2.42. The van der Waals surface area contributed by atoms with Crippen LogP contribution in [0.2, 0.25) is 0 Å². The van der Waals surface area contributed by atoms with Crippen LogP contribution in [0.15, 0.2) is 42.5 Å². The standard InChI is InChI=1S/C23H27N3O3/c1-4-26-11-10-19-18(14-26)22(25-24-19)17-12-20(27-2)23(21(13-17)28-3)29-15-16-8-6-5-7-9-16/h5-9,12-13H,4,10-11,14-15H2,1-3H3,(H,24,25). The Morgan fingerprint density at radius 3 is 2.45 bits per heavy atom. The van der Waals surface area contributed by atoms with Crippen molar-refractivity contribution in [3.63, 3.8) is 0 Å². The Bertz CT molecular complexity index is 944. The molecule has 6 heteroatoms. The van der Waals surface area contributed by atoms with Crippen LogP contribution in [0, 0.1) is 0 Å². The molecule has 0 fully saturated rings. The quantitative estimate of drug-likeness (QED) is 0.656. The molecule has 0 spiro atoms. The minimum absolute atomic E-state index is 0.441. The molecule has 2 aromatic carbocycles. The molecule has 29 heavy (non-hydrogen) atoms. The SMILES string of the molecule is CCN1CCc2[nH]nc(-c3cc(OC)c(OCc4ccccc4)c(OC)c3)c2C1. The van der Waals surface area contributed by atoms with Crippen molar-refractivity contribution in [2.45, 2.75) is 26.5 Å². The second-order valence-electron chi connectivity index (χ2n) is 7.13. The average Bonchev–Trinajstić information content (AvgIpc) is 3.20. The maximum absolute atomic E-state index is 6.07. The van der Waals surface area contributed by atoms with Gasteiger partial charge in [-0.1, -0.05) is 37.3 Å². The van der Waals surface area contributed by atoms with Gasteiger partial charge in [0.25, 0.3) is 0 Å². The van der Waals surface area contributed by atoms with Gasteiger partial charge in [-0.2, -0.15) is 5.10 Å². The molecule has 3 aromatic rings. The summed E-state index contributed by atoms with van der Waals surface area (Å²) in [6.45, 7) is 5.62. The van der Waals surface area contributed by atoms with Crippen molar-refractivity contribution in [2.75, 3.05) is 27.3 Å². The number of likely N-dealkylation sites (N-methyl/N-ethyl adjacent to an activating group) is 1. The summed E-state index contributed by atoms with van der Waals surface area (Å²) in [7, 11) is 3.29. The van der Waals surface area contributed by atoms with E-state index in [4.69, 9.17) is 14.2 Å². The van der Waals surface area contributed by atoms with Gasteiger partial charge in [0, 0.05) is 36.3 Å². The number of aromatic nitrogens is 2. The van der Waals surface area contributed by atoms with E-state index in [9.17, 15) is 0 Å². The van der Waals surface area contributed by atoms with E-state index in [2.05, 4.69) is 22.0 Å². The highest BCUT2D eigenvalue weighted by Gasteiger charge is 2.24. The van der Waals surface area contributed by atoms with Gasteiger partial charge in [-0.15, -0.1) is 0 Å². The molecule has 2 heterocycles. The first-order chi connectivity index (χ1) is 14.2. The lowest BCUT2D eigenvalue weighted by Crippen LogP contribution is -2.30. The maximum atomic E-state index is 6.07. The zero-order chi connectivity index (χ0) is 20.2. The van der Waals surface area contributed by atoms with E-state index in [0.717, 1.165) is 42.9 Å². The summed E-state index contributed by atoms with van der Waals surface area (Å²) in [6.07, 6.45) is 0.989. The van der Waals surface area contributed by atoms with Crippen LogP contribution in [0.3, 0.4) is 0 Å². The van der Waals surface area contributed by atoms with Crippen LogP contribution in [0.5, 0.6) is 17.2 Å². The molecule has 0 saturated carbocycles. The Hall–Kier alpha value is -2.99. The van der Waals surface area contributed by atoms with Crippen molar-refractivity contribution in [1.82, 2.24) is 15.1 Å². The van der Waals surface area contributed by atoms with E-state index in [1.165, 1.54) is 11.3 Å². The van der Waals surface area contributed by atoms with E-state index < -0.39 is 0 Å². The van der Waals surface area contributed by atoms with Gasteiger partial charge in [-0.3, -0.25) is 10.00 Å². The molecule has 0 aliphatic carbocycles. The van der Waals surface area contributed by atoms with E-state index in [1.807, 2.05) is 42.5 Å². The molecule has 1 N–H and O–H groups in total. The molecule has 1 aliphatic rings. The lowest BCUT2D eigenvalue weighted by molar-refractivity contribution is 0.265. The summed E-state index contributed by atoms with van der Waals surface area (Å²) in [6, 6.07) is 14.0. The fourth-order valence-corrected chi connectivity index (χ4v) is 3.75. The second-order valence-corrected chi connectivity index (χ2v) is 7.13. The fraction of sp³-hybridized carbons (Fsp3) is 0.348. The lowest BCUT2D eigenvalue weighted by Gasteiger charge is -2.25. The average molecular weight is 393 g/mol. The number of nitrogens with one attached hydrogen (secondary N) is 1. The summed E-state index contributed by atoms with van der Waals surface area (Å²) in [5.41, 5.74) is 5.46. The molecule has 0 atom stereocenters. The first-order valence-electron chi connectivity index (χ1n) is 9.95. The number of methoxy groups -OCH3 is 2. The van der Waals surface area contributed by atoms with Gasteiger partial charge in [-0.05, 0) is 24.2 Å². The maximum Gasteiger partial charge on any atom is 0.203 e. The van der Waals surface area contributed by atoms with Gasteiger partial charge in [0.15, 0.2) is 11.5 Å². The summed E-state index contributed by atoms with van der Waals surface area (Å²) < 4.78 is 17.4. The van der Waals surface area contributed by atoms with Crippen LogP contribution < -0.4 is 14.2 Å². The summed E-state index contributed by atoms with van der Waals surface area (Å²) >= 11 is 0. The first kappa shape index (κ1) is 19.3.